The predicted octanol–water partition coefficient (Wildman–Crippen LogP) is 1.71. The average molecular weight is 234 g/mol. The van der Waals surface area contributed by atoms with Crippen molar-refractivity contribution in [1.82, 2.24) is 0 Å². The summed E-state index contributed by atoms with van der Waals surface area (Å²) in [6, 6.07) is 7.82. The molecule has 0 saturated carbocycles. The normalized spacial score (nSPS) is 15.6. The third-order valence-corrected chi connectivity index (χ3v) is 2.35. The van der Waals surface area contributed by atoms with Crippen molar-refractivity contribution in [3.63, 3.8) is 0 Å². The van der Waals surface area contributed by atoms with E-state index in [1.807, 2.05) is 31.2 Å². The van der Waals surface area contributed by atoms with E-state index in [1.165, 1.54) is 7.11 Å². The molecule has 0 saturated heterocycles. The first-order chi connectivity index (χ1) is 8.33. The highest BCUT2D eigenvalue weighted by molar-refractivity contribution is 6.45. The van der Waals surface area contributed by atoms with E-state index in [4.69, 9.17) is 14.4 Å². The maximum Gasteiger partial charge on any atom is 0.280 e. The van der Waals surface area contributed by atoms with Gasteiger partial charge in [0.2, 0.25) is 0 Å². The molecular formula is C12H14N2O3. The zero-order valence-corrected chi connectivity index (χ0v) is 9.84. The summed E-state index contributed by atoms with van der Waals surface area (Å²) in [5.41, 5.74) is 2.53. The monoisotopic (exact) mass is 234 g/mol. The van der Waals surface area contributed by atoms with Gasteiger partial charge in [-0.3, -0.25) is 0 Å². The Morgan fingerprint density at radius 1 is 1.35 bits per heavy atom. The molecule has 1 aliphatic rings. The topological polar surface area (TPSA) is 52.4 Å². The van der Waals surface area contributed by atoms with E-state index in [9.17, 15) is 0 Å². The van der Waals surface area contributed by atoms with Crippen molar-refractivity contribution in [2.75, 3.05) is 20.3 Å². The predicted molar refractivity (Wildman–Crippen MR) is 64.1 cm³/mol. The maximum absolute atomic E-state index is 5.42. The molecule has 17 heavy (non-hydrogen) atoms. The number of ether oxygens (including phenoxy) is 1. The fourth-order valence-corrected chi connectivity index (χ4v) is 1.55. The second kappa shape index (κ2) is 5.34. The van der Waals surface area contributed by atoms with E-state index in [0.29, 0.717) is 24.8 Å². The number of nitrogens with zero attached hydrogens (tertiary/aromatic N) is 2. The van der Waals surface area contributed by atoms with Crippen molar-refractivity contribution < 1.29 is 14.4 Å². The zero-order valence-electron chi connectivity index (χ0n) is 9.84. The van der Waals surface area contributed by atoms with Gasteiger partial charge < -0.3 is 14.4 Å². The largest absolute Gasteiger partial charge is 0.470 e. The second-order valence-corrected chi connectivity index (χ2v) is 3.52. The molecule has 5 heteroatoms. The van der Waals surface area contributed by atoms with Crippen molar-refractivity contribution in [2.45, 2.75) is 6.92 Å². The number of hydrogen-bond donors (Lipinski definition) is 0. The Morgan fingerprint density at radius 3 is 2.82 bits per heavy atom. The first-order valence-corrected chi connectivity index (χ1v) is 5.33. The summed E-state index contributed by atoms with van der Waals surface area (Å²) in [4.78, 5) is 9.84. The van der Waals surface area contributed by atoms with Crippen LogP contribution in [-0.2, 0) is 14.4 Å². The van der Waals surface area contributed by atoms with E-state index < -0.39 is 0 Å². The van der Waals surface area contributed by atoms with Gasteiger partial charge in [-0.05, 0) is 17.6 Å². The molecule has 1 aromatic rings. The highest BCUT2D eigenvalue weighted by atomic mass is 16.7. The van der Waals surface area contributed by atoms with Crippen LogP contribution < -0.4 is 0 Å². The van der Waals surface area contributed by atoms with Crippen LogP contribution in [0.15, 0.2) is 34.6 Å². The Morgan fingerprint density at radius 2 is 2.18 bits per heavy atom. The summed E-state index contributed by atoms with van der Waals surface area (Å²) in [5.74, 6) is 0.354. The Labute approximate surface area is 99.7 Å². The van der Waals surface area contributed by atoms with Crippen molar-refractivity contribution in [3.05, 3.63) is 35.4 Å². The van der Waals surface area contributed by atoms with Gasteiger partial charge >= 0.3 is 0 Å². The van der Waals surface area contributed by atoms with Crippen LogP contribution in [0.2, 0.25) is 0 Å². The number of rotatable bonds is 3. The van der Waals surface area contributed by atoms with E-state index in [-0.39, 0.29) is 0 Å². The summed E-state index contributed by atoms with van der Waals surface area (Å²) >= 11 is 0. The lowest BCUT2D eigenvalue weighted by atomic mass is 10.0. The van der Waals surface area contributed by atoms with Gasteiger partial charge in [0.1, 0.15) is 13.7 Å². The van der Waals surface area contributed by atoms with Crippen molar-refractivity contribution in [2.24, 2.45) is 10.3 Å². The smallest absolute Gasteiger partial charge is 0.280 e. The number of oxime groups is 2. The second-order valence-electron chi connectivity index (χ2n) is 3.52. The third kappa shape index (κ3) is 2.55. The molecule has 0 unspecified atom stereocenters. The lowest BCUT2D eigenvalue weighted by Gasteiger charge is -2.15. The van der Waals surface area contributed by atoms with Crippen LogP contribution in [0.1, 0.15) is 11.1 Å². The van der Waals surface area contributed by atoms with Crippen LogP contribution in [0.4, 0.5) is 0 Å². The third-order valence-electron chi connectivity index (χ3n) is 2.35. The van der Waals surface area contributed by atoms with E-state index in [2.05, 4.69) is 10.3 Å². The van der Waals surface area contributed by atoms with Gasteiger partial charge in [0.15, 0.2) is 12.3 Å². The van der Waals surface area contributed by atoms with Gasteiger partial charge in [-0.15, -0.1) is 0 Å². The highest BCUT2D eigenvalue weighted by Crippen LogP contribution is 2.12. The molecule has 90 valence electrons. The summed E-state index contributed by atoms with van der Waals surface area (Å²) < 4.78 is 5.42. The number of aryl methyl sites for hydroxylation is 1. The molecular weight excluding hydrogens is 220 g/mol. The molecule has 5 nitrogen and oxygen atoms in total. The molecule has 0 fully saturated rings. The van der Waals surface area contributed by atoms with Crippen LogP contribution >= 0.6 is 0 Å². The molecule has 0 N–H and O–H groups in total. The van der Waals surface area contributed by atoms with Gasteiger partial charge in [-0.2, -0.15) is 0 Å². The van der Waals surface area contributed by atoms with Gasteiger partial charge in [0.25, 0.3) is 5.90 Å². The Bertz CT molecular complexity index is 455. The van der Waals surface area contributed by atoms with E-state index in [0.717, 1.165) is 11.1 Å². The highest BCUT2D eigenvalue weighted by Gasteiger charge is 2.19. The quantitative estimate of drug-likeness (QED) is 0.591. The first kappa shape index (κ1) is 11.4. The molecule has 0 atom stereocenters. The number of benzene rings is 1. The average Bonchev–Trinajstić information content (AvgIpc) is 2.38. The lowest BCUT2D eigenvalue weighted by Crippen LogP contribution is -2.26. The van der Waals surface area contributed by atoms with Crippen molar-refractivity contribution >= 4 is 11.6 Å². The first-order valence-electron chi connectivity index (χ1n) is 5.33. The summed E-state index contributed by atoms with van der Waals surface area (Å²) in [6.07, 6.45) is 0. The van der Waals surface area contributed by atoms with Crippen LogP contribution in [0.25, 0.3) is 0 Å². The summed E-state index contributed by atoms with van der Waals surface area (Å²) in [5, 5.41) is 7.81. The fraction of sp³-hybridized carbons (Fsp3) is 0.333. The van der Waals surface area contributed by atoms with Gasteiger partial charge in [-0.25, -0.2) is 0 Å². The Balaban J connectivity index is 2.39. The lowest BCUT2D eigenvalue weighted by molar-refractivity contribution is 0.0672. The van der Waals surface area contributed by atoms with Crippen molar-refractivity contribution in [1.29, 1.82) is 0 Å². The van der Waals surface area contributed by atoms with Crippen molar-refractivity contribution in [3.8, 4) is 0 Å². The van der Waals surface area contributed by atoms with Crippen LogP contribution in [-0.4, -0.2) is 31.9 Å². The maximum atomic E-state index is 5.42. The standard InChI is InChI=1S/C12H14N2O3/c1-9-5-3-4-6-10(9)11(13-15-2)12-14-17-8-7-16-12/h3-6H,7-8H2,1-2H3. The minimum Gasteiger partial charge on any atom is -0.470 e. The molecule has 0 amide bonds. The van der Waals surface area contributed by atoms with Gasteiger partial charge in [0.05, 0.1) is 0 Å². The number of hydrogen-bond acceptors (Lipinski definition) is 5. The molecule has 0 bridgehead atoms. The van der Waals surface area contributed by atoms with E-state index >= 15 is 0 Å². The molecule has 0 aromatic heterocycles. The van der Waals surface area contributed by atoms with Crippen LogP contribution in [0.3, 0.4) is 0 Å². The molecule has 0 radical (unpaired) electrons. The molecule has 1 aliphatic heterocycles. The SMILES string of the molecule is CON=C(C1=NOCCO1)c1ccccc1C. The molecule has 2 rings (SSSR count). The minimum atomic E-state index is 0.354. The van der Waals surface area contributed by atoms with E-state index in [1.54, 1.807) is 0 Å². The van der Waals surface area contributed by atoms with Crippen LogP contribution in [0, 0.1) is 6.92 Å². The Kier molecular flexibility index (Phi) is 3.59. The zero-order chi connectivity index (χ0) is 12.1. The van der Waals surface area contributed by atoms with Crippen LogP contribution in [0.5, 0.6) is 0 Å². The van der Waals surface area contributed by atoms with Gasteiger partial charge in [-0.1, -0.05) is 29.4 Å². The Hall–Kier alpha value is -2.04. The summed E-state index contributed by atoms with van der Waals surface area (Å²) in [6.45, 7) is 2.91. The fourth-order valence-electron chi connectivity index (χ4n) is 1.55. The minimum absolute atomic E-state index is 0.354. The molecule has 0 aliphatic carbocycles. The molecule has 1 heterocycles. The van der Waals surface area contributed by atoms with Gasteiger partial charge in [0, 0.05) is 5.56 Å². The molecule has 1 aromatic carbocycles. The molecule has 0 spiro atoms. The summed E-state index contributed by atoms with van der Waals surface area (Å²) in [7, 11) is 1.49.